The number of ether oxygens (including phenoxy) is 2. The second-order valence-electron chi connectivity index (χ2n) is 7.83. The van der Waals surface area contributed by atoms with Crippen molar-refractivity contribution in [2.75, 3.05) is 25.1 Å². The Kier molecular flexibility index (Phi) is 7.94. The van der Waals surface area contributed by atoms with Crippen molar-refractivity contribution in [3.63, 3.8) is 0 Å². The van der Waals surface area contributed by atoms with E-state index in [2.05, 4.69) is 21.3 Å². The first kappa shape index (κ1) is 23.9. The van der Waals surface area contributed by atoms with Crippen LogP contribution < -0.4 is 20.1 Å². The van der Waals surface area contributed by atoms with Gasteiger partial charge in [0.25, 0.3) is 0 Å². The van der Waals surface area contributed by atoms with Crippen LogP contribution in [0.2, 0.25) is 0 Å². The van der Waals surface area contributed by atoms with Crippen LogP contribution in [0.1, 0.15) is 18.0 Å². The number of aryl methyl sites for hydroxylation is 1. The second kappa shape index (κ2) is 11.3. The third-order valence-electron chi connectivity index (χ3n) is 5.51. The SMILES string of the molecule is Cn1c(CN=C(NCCc2ccco2)Nc2ccc3c(c2)OCCCO3)nc2ccccc21.I. The number of benzene rings is 2. The summed E-state index contributed by atoms with van der Waals surface area (Å²) in [4.78, 5) is 9.53. The number of fused-ring (bicyclic) bond motifs is 2. The van der Waals surface area contributed by atoms with Gasteiger partial charge in [0.1, 0.15) is 18.1 Å². The number of nitrogens with zero attached hydrogens (tertiary/aromatic N) is 3. The number of imidazole rings is 1. The van der Waals surface area contributed by atoms with Crippen LogP contribution in [-0.4, -0.2) is 35.3 Å². The number of furan rings is 1. The molecule has 2 aromatic carbocycles. The van der Waals surface area contributed by atoms with Gasteiger partial charge in [0.2, 0.25) is 0 Å². The maximum absolute atomic E-state index is 5.83. The third-order valence-corrected chi connectivity index (χ3v) is 5.51. The van der Waals surface area contributed by atoms with Crippen LogP contribution in [0.4, 0.5) is 5.69 Å². The lowest BCUT2D eigenvalue weighted by molar-refractivity contribution is 0.297. The predicted molar refractivity (Wildman–Crippen MR) is 143 cm³/mol. The highest BCUT2D eigenvalue weighted by molar-refractivity contribution is 14.0. The van der Waals surface area contributed by atoms with Crippen molar-refractivity contribution < 1.29 is 13.9 Å². The molecule has 0 spiro atoms. The Morgan fingerprint density at radius 3 is 2.74 bits per heavy atom. The molecule has 0 saturated carbocycles. The van der Waals surface area contributed by atoms with Crippen LogP contribution in [0.25, 0.3) is 11.0 Å². The van der Waals surface area contributed by atoms with E-state index < -0.39 is 0 Å². The van der Waals surface area contributed by atoms with Crippen molar-refractivity contribution in [3.05, 3.63) is 72.4 Å². The lowest BCUT2D eigenvalue weighted by Gasteiger charge is -2.14. The summed E-state index contributed by atoms with van der Waals surface area (Å²) in [6.45, 7) is 2.42. The molecule has 0 atom stereocenters. The fourth-order valence-electron chi connectivity index (χ4n) is 3.76. The second-order valence-corrected chi connectivity index (χ2v) is 7.83. The quantitative estimate of drug-likeness (QED) is 0.197. The van der Waals surface area contributed by atoms with Crippen LogP contribution in [0.3, 0.4) is 0 Å². The summed E-state index contributed by atoms with van der Waals surface area (Å²) in [6, 6.07) is 17.8. The third kappa shape index (κ3) is 5.64. The van der Waals surface area contributed by atoms with Gasteiger partial charge in [0.15, 0.2) is 17.5 Å². The molecule has 3 heterocycles. The van der Waals surface area contributed by atoms with Gasteiger partial charge in [0, 0.05) is 38.2 Å². The number of aromatic nitrogens is 2. The Labute approximate surface area is 215 Å². The Hall–Kier alpha value is -3.21. The molecule has 0 radical (unpaired) electrons. The van der Waals surface area contributed by atoms with Crippen molar-refractivity contribution in [1.82, 2.24) is 14.9 Å². The summed E-state index contributed by atoms with van der Waals surface area (Å²) in [5.74, 6) is 3.97. The molecule has 4 aromatic rings. The van der Waals surface area contributed by atoms with Crippen molar-refractivity contribution >= 4 is 46.7 Å². The zero-order valence-corrected chi connectivity index (χ0v) is 21.3. The largest absolute Gasteiger partial charge is 0.490 e. The van der Waals surface area contributed by atoms with E-state index in [0.29, 0.717) is 32.3 Å². The molecule has 2 N–H and O–H groups in total. The molecular weight excluding hydrogens is 545 g/mol. The highest BCUT2D eigenvalue weighted by Gasteiger charge is 2.12. The predicted octanol–water partition coefficient (Wildman–Crippen LogP) is 4.75. The van der Waals surface area contributed by atoms with E-state index >= 15 is 0 Å². The summed E-state index contributed by atoms with van der Waals surface area (Å²) < 4.78 is 19.1. The zero-order chi connectivity index (χ0) is 22.5. The molecule has 0 aliphatic carbocycles. The molecule has 34 heavy (non-hydrogen) atoms. The number of hydrogen-bond donors (Lipinski definition) is 2. The van der Waals surface area contributed by atoms with Gasteiger partial charge in [-0.15, -0.1) is 24.0 Å². The van der Waals surface area contributed by atoms with E-state index in [0.717, 1.165) is 52.6 Å². The van der Waals surface area contributed by atoms with Crippen LogP contribution >= 0.6 is 24.0 Å². The number of aliphatic imine (C=N–C) groups is 1. The van der Waals surface area contributed by atoms with E-state index in [9.17, 15) is 0 Å². The molecule has 5 rings (SSSR count). The average Bonchev–Trinajstić information content (AvgIpc) is 3.39. The minimum atomic E-state index is 0. The monoisotopic (exact) mass is 573 g/mol. The lowest BCUT2D eigenvalue weighted by Crippen LogP contribution is -2.32. The van der Waals surface area contributed by atoms with E-state index in [1.807, 2.05) is 55.6 Å². The van der Waals surface area contributed by atoms with Gasteiger partial charge in [-0.05, 0) is 36.4 Å². The first-order chi connectivity index (χ1) is 16.3. The van der Waals surface area contributed by atoms with Gasteiger partial charge in [-0.3, -0.25) is 0 Å². The normalized spacial score (nSPS) is 13.3. The average molecular weight is 573 g/mol. The fourth-order valence-corrected chi connectivity index (χ4v) is 3.76. The number of halogens is 1. The van der Waals surface area contributed by atoms with Crippen molar-refractivity contribution in [1.29, 1.82) is 0 Å². The smallest absolute Gasteiger partial charge is 0.196 e. The topological polar surface area (TPSA) is 85.8 Å². The van der Waals surface area contributed by atoms with Crippen molar-refractivity contribution in [2.24, 2.45) is 12.0 Å². The summed E-state index contributed by atoms with van der Waals surface area (Å²) in [5, 5.41) is 6.78. The molecule has 0 unspecified atom stereocenters. The molecule has 178 valence electrons. The number of hydrogen-bond acceptors (Lipinski definition) is 5. The first-order valence-electron chi connectivity index (χ1n) is 11.1. The zero-order valence-electron chi connectivity index (χ0n) is 19.0. The molecule has 0 amide bonds. The van der Waals surface area contributed by atoms with Crippen LogP contribution in [0, 0.1) is 0 Å². The first-order valence-corrected chi connectivity index (χ1v) is 11.1. The summed E-state index contributed by atoms with van der Waals surface area (Å²) in [7, 11) is 2.02. The maximum atomic E-state index is 5.83. The minimum Gasteiger partial charge on any atom is -0.490 e. The van der Waals surface area contributed by atoms with E-state index in [4.69, 9.17) is 23.9 Å². The molecule has 9 heteroatoms. The number of guanidine groups is 1. The molecule has 1 aliphatic heterocycles. The van der Waals surface area contributed by atoms with Crippen LogP contribution in [0.5, 0.6) is 11.5 Å². The molecule has 1 aliphatic rings. The standard InChI is InChI=1S/C25H27N5O3.HI/c1-30-21-8-3-2-7-20(21)29-24(30)17-27-25(26-12-11-19-6-4-13-31-19)28-18-9-10-22-23(16-18)33-15-5-14-32-22;/h2-4,6-10,13,16H,5,11-12,14-15,17H2,1H3,(H2,26,27,28);1H. The molecule has 8 nitrogen and oxygen atoms in total. The van der Waals surface area contributed by atoms with Gasteiger partial charge in [-0.25, -0.2) is 9.98 Å². The van der Waals surface area contributed by atoms with Crippen molar-refractivity contribution in [2.45, 2.75) is 19.4 Å². The highest BCUT2D eigenvalue weighted by Crippen LogP contribution is 2.32. The number of para-hydroxylation sites is 2. The number of nitrogens with one attached hydrogen (secondary N) is 2. The highest BCUT2D eigenvalue weighted by atomic mass is 127. The lowest BCUT2D eigenvalue weighted by atomic mass is 10.2. The molecular formula is C25H28IN5O3. The molecule has 0 fully saturated rings. The van der Waals surface area contributed by atoms with Crippen molar-refractivity contribution in [3.8, 4) is 11.5 Å². The van der Waals surface area contributed by atoms with E-state index in [1.165, 1.54) is 0 Å². The summed E-state index contributed by atoms with van der Waals surface area (Å²) in [5.41, 5.74) is 2.92. The molecule has 2 aromatic heterocycles. The van der Waals surface area contributed by atoms with Gasteiger partial charge >= 0.3 is 0 Å². The maximum Gasteiger partial charge on any atom is 0.196 e. The number of rotatable bonds is 6. The Morgan fingerprint density at radius 1 is 1.06 bits per heavy atom. The van der Waals surface area contributed by atoms with Gasteiger partial charge in [-0.2, -0.15) is 0 Å². The van der Waals surface area contributed by atoms with E-state index in [1.54, 1.807) is 6.26 Å². The Morgan fingerprint density at radius 2 is 1.91 bits per heavy atom. The fraction of sp³-hybridized carbons (Fsp3) is 0.280. The summed E-state index contributed by atoms with van der Waals surface area (Å²) in [6.07, 6.45) is 3.31. The van der Waals surface area contributed by atoms with Gasteiger partial charge in [-0.1, -0.05) is 12.1 Å². The number of anilines is 1. The summed E-state index contributed by atoms with van der Waals surface area (Å²) >= 11 is 0. The van der Waals surface area contributed by atoms with Gasteiger partial charge < -0.3 is 29.1 Å². The van der Waals surface area contributed by atoms with Crippen LogP contribution in [0.15, 0.2) is 70.3 Å². The molecule has 0 bridgehead atoms. The Balaban J connectivity index is 0.00000274. The Bertz CT molecular complexity index is 1250. The van der Waals surface area contributed by atoms with Crippen LogP contribution in [-0.2, 0) is 20.0 Å². The van der Waals surface area contributed by atoms with Gasteiger partial charge in [0.05, 0.1) is 30.5 Å². The minimum absolute atomic E-state index is 0. The molecule has 0 saturated heterocycles. The van der Waals surface area contributed by atoms with E-state index in [-0.39, 0.29) is 24.0 Å².